The van der Waals surface area contributed by atoms with Crippen LogP contribution in [0.2, 0.25) is 0 Å². The van der Waals surface area contributed by atoms with Crippen molar-refractivity contribution in [3.63, 3.8) is 0 Å². The molecule has 1 atom stereocenters. The van der Waals surface area contributed by atoms with Gasteiger partial charge >= 0.3 is 0 Å². The van der Waals surface area contributed by atoms with E-state index in [1.807, 2.05) is 24.1 Å². The lowest BCUT2D eigenvalue weighted by molar-refractivity contribution is -0.120. The standard InChI is InChI=1S/C11H13N3O2/c1-7-4-8-10(12-5-7)14-2-3-16-6-9(14)11(15)13-8/h4-5,9H,2-3,6H2,1H3,(H,13,15). The fraction of sp³-hybridized carbons (Fsp3) is 0.455. The monoisotopic (exact) mass is 219 g/mol. The van der Waals surface area contributed by atoms with Crippen molar-refractivity contribution >= 4 is 17.4 Å². The Morgan fingerprint density at radius 3 is 3.38 bits per heavy atom. The van der Waals surface area contributed by atoms with E-state index in [2.05, 4.69) is 10.3 Å². The Hall–Kier alpha value is -1.62. The van der Waals surface area contributed by atoms with Gasteiger partial charge in [-0.05, 0) is 18.6 Å². The van der Waals surface area contributed by atoms with Gasteiger partial charge in [0.25, 0.3) is 0 Å². The zero-order valence-corrected chi connectivity index (χ0v) is 9.06. The van der Waals surface area contributed by atoms with Crippen LogP contribution in [0.15, 0.2) is 12.3 Å². The lowest BCUT2D eigenvalue weighted by Crippen LogP contribution is -2.55. The Balaban J connectivity index is 2.06. The molecule has 0 bridgehead atoms. The van der Waals surface area contributed by atoms with Crippen molar-refractivity contribution in [1.29, 1.82) is 0 Å². The lowest BCUT2D eigenvalue weighted by Gasteiger charge is -2.39. The quantitative estimate of drug-likeness (QED) is 0.692. The van der Waals surface area contributed by atoms with E-state index in [-0.39, 0.29) is 11.9 Å². The number of rotatable bonds is 0. The van der Waals surface area contributed by atoms with Gasteiger partial charge in [0, 0.05) is 12.7 Å². The molecule has 16 heavy (non-hydrogen) atoms. The summed E-state index contributed by atoms with van der Waals surface area (Å²) in [6.45, 7) is 3.78. The van der Waals surface area contributed by atoms with Crippen LogP contribution in [0.25, 0.3) is 0 Å². The van der Waals surface area contributed by atoms with E-state index in [1.165, 1.54) is 0 Å². The second kappa shape index (κ2) is 3.45. The van der Waals surface area contributed by atoms with E-state index in [4.69, 9.17) is 4.74 Å². The minimum atomic E-state index is -0.226. The number of ether oxygens (including phenoxy) is 1. The maximum Gasteiger partial charge on any atom is 0.249 e. The van der Waals surface area contributed by atoms with Crippen LogP contribution in [0.5, 0.6) is 0 Å². The third-order valence-corrected chi connectivity index (χ3v) is 2.96. The second-order valence-electron chi connectivity index (χ2n) is 4.16. The second-order valence-corrected chi connectivity index (χ2v) is 4.16. The number of carbonyl (C=O) groups excluding carboxylic acids is 1. The Labute approximate surface area is 93.4 Å². The number of carbonyl (C=O) groups is 1. The van der Waals surface area contributed by atoms with Gasteiger partial charge in [-0.25, -0.2) is 4.98 Å². The third-order valence-electron chi connectivity index (χ3n) is 2.96. The smallest absolute Gasteiger partial charge is 0.249 e. The van der Waals surface area contributed by atoms with Crippen LogP contribution < -0.4 is 10.2 Å². The normalized spacial score (nSPS) is 23.4. The number of amides is 1. The SMILES string of the molecule is Cc1cnc2c(c1)NC(=O)C1COCCN21. The molecule has 0 aromatic carbocycles. The summed E-state index contributed by atoms with van der Waals surface area (Å²) in [5, 5.41) is 2.88. The Bertz CT molecular complexity index is 447. The maximum atomic E-state index is 11.8. The molecule has 1 fully saturated rings. The molecule has 84 valence electrons. The molecule has 1 amide bonds. The largest absolute Gasteiger partial charge is 0.377 e. The molecular weight excluding hydrogens is 206 g/mol. The number of fused-ring (bicyclic) bond motifs is 3. The molecule has 1 N–H and O–H groups in total. The highest BCUT2D eigenvalue weighted by Gasteiger charge is 2.36. The van der Waals surface area contributed by atoms with Crippen LogP contribution in [0.1, 0.15) is 5.56 Å². The Morgan fingerprint density at radius 1 is 1.62 bits per heavy atom. The summed E-state index contributed by atoms with van der Waals surface area (Å²) in [6, 6.07) is 1.72. The van der Waals surface area contributed by atoms with Crippen LogP contribution in [0.4, 0.5) is 11.5 Å². The first-order valence-corrected chi connectivity index (χ1v) is 5.37. The number of pyridine rings is 1. The average Bonchev–Trinajstić information content (AvgIpc) is 2.29. The van der Waals surface area contributed by atoms with Crippen LogP contribution in [-0.4, -0.2) is 36.7 Å². The molecule has 1 unspecified atom stereocenters. The van der Waals surface area contributed by atoms with Crippen molar-refractivity contribution < 1.29 is 9.53 Å². The highest BCUT2D eigenvalue weighted by Crippen LogP contribution is 2.31. The number of aromatic nitrogens is 1. The van der Waals surface area contributed by atoms with E-state index in [0.717, 1.165) is 23.6 Å². The molecule has 0 spiro atoms. The van der Waals surface area contributed by atoms with Gasteiger partial charge in [-0.15, -0.1) is 0 Å². The third kappa shape index (κ3) is 1.36. The van der Waals surface area contributed by atoms with E-state index >= 15 is 0 Å². The van der Waals surface area contributed by atoms with Crippen molar-refractivity contribution in [2.24, 2.45) is 0 Å². The zero-order chi connectivity index (χ0) is 11.1. The van der Waals surface area contributed by atoms with Crippen LogP contribution in [-0.2, 0) is 9.53 Å². The number of hydrogen-bond acceptors (Lipinski definition) is 4. The number of hydrogen-bond donors (Lipinski definition) is 1. The predicted molar refractivity (Wildman–Crippen MR) is 59.6 cm³/mol. The van der Waals surface area contributed by atoms with Gasteiger partial charge in [-0.1, -0.05) is 0 Å². The molecule has 3 rings (SSSR count). The highest BCUT2D eigenvalue weighted by atomic mass is 16.5. The van der Waals surface area contributed by atoms with Gasteiger partial charge < -0.3 is 15.0 Å². The molecule has 5 nitrogen and oxygen atoms in total. The number of aryl methyl sites for hydroxylation is 1. The van der Waals surface area contributed by atoms with Crippen molar-refractivity contribution in [1.82, 2.24) is 4.98 Å². The van der Waals surface area contributed by atoms with Crippen LogP contribution >= 0.6 is 0 Å². The highest BCUT2D eigenvalue weighted by molar-refractivity contribution is 6.03. The van der Waals surface area contributed by atoms with Gasteiger partial charge in [-0.2, -0.15) is 0 Å². The van der Waals surface area contributed by atoms with E-state index in [1.54, 1.807) is 0 Å². The molecule has 1 aromatic heterocycles. The first kappa shape index (κ1) is 9.59. The molecule has 1 saturated heterocycles. The molecule has 2 aliphatic heterocycles. The summed E-state index contributed by atoms with van der Waals surface area (Å²) >= 11 is 0. The van der Waals surface area contributed by atoms with Gasteiger partial charge in [0.15, 0.2) is 5.82 Å². The summed E-state index contributed by atoms with van der Waals surface area (Å²) < 4.78 is 5.32. The first-order valence-electron chi connectivity index (χ1n) is 5.37. The van der Waals surface area contributed by atoms with E-state index in [0.29, 0.717) is 13.2 Å². The molecular formula is C11H13N3O2. The summed E-state index contributed by atoms with van der Waals surface area (Å²) in [5.74, 6) is 0.859. The molecule has 2 aliphatic rings. The molecule has 0 aliphatic carbocycles. The van der Waals surface area contributed by atoms with Gasteiger partial charge in [0.2, 0.25) is 5.91 Å². The van der Waals surface area contributed by atoms with Crippen molar-refractivity contribution in [3.05, 3.63) is 17.8 Å². The molecule has 1 aromatic rings. The summed E-state index contributed by atoms with van der Waals surface area (Å²) in [4.78, 5) is 18.3. The lowest BCUT2D eigenvalue weighted by atomic mass is 10.1. The fourth-order valence-corrected chi connectivity index (χ4v) is 2.17. The topological polar surface area (TPSA) is 54.5 Å². The Morgan fingerprint density at radius 2 is 2.50 bits per heavy atom. The van der Waals surface area contributed by atoms with Crippen molar-refractivity contribution in [2.75, 3.05) is 30.0 Å². The summed E-state index contributed by atoms with van der Waals surface area (Å²) in [7, 11) is 0. The Kier molecular flexibility index (Phi) is 2.07. The molecule has 0 saturated carbocycles. The number of nitrogens with one attached hydrogen (secondary N) is 1. The number of morpholine rings is 1. The average molecular weight is 219 g/mol. The maximum absolute atomic E-state index is 11.8. The minimum Gasteiger partial charge on any atom is -0.377 e. The fourth-order valence-electron chi connectivity index (χ4n) is 2.17. The van der Waals surface area contributed by atoms with Crippen LogP contribution in [0.3, 0.4) is 0 Å². The summed E-state index contributed by atoms with van der Waals surface area (Å²) in [6.07, 6.45) is 1.82. The first-order chi connectivity index (χ1) is 7.75. The van der Waals surface area contributed by atoms with Gasteiger partial charge in [-0.3, -0.25) is 4.79 Å². The molecule has 5 heteroatoms. The predicted octanol–water partition coefficient (Wildman–Crippen LogP) is 0.547. The minimum absolute atomic E-state index is 0.000370. The van der Waals surface area contributed by atoms with E-state index < -0.39 is 0 Å². The zero-order valence-electron chi connectivity index (χ0n) is 9.06. The van der Waals surface area contributed by atoms with Crippen LogP contribution in [0, 0.1) is 6.92 Å². The summed E-state index contributed by atoms with van der Waals surface area (Å²) in [5.41, 5.74) is 1.86. The van der Waals surface area contributed by atoms with Gasteiger partial charge in [0.05, 0.1) is 18.9 Å². The molecule has 0 radical (unpaired) electrons. The van der Waals surface area contributed by atoms with Crippen molar-refractivity contribution in [2.45, 2.75) is 13.0 Å². The number of nitrogens with zero attached hydrogens (tertiary/aromatic N) is 2. The number of anilines is 2. The van der Waals surface area contributed by atoms with E-state index in [9.17, 15) is 4.79 Å². The van der Waals surface area contributed by atoms with Crippen molar-refractivity contribution in [3.8, 4) is 0 Å². The van der Waals surface area contributed by atoms with Gasteiger partial charge in [0.1, 0.15) is 6.04 Å². The molecule has 3 heterocycles.